The van der Waals surface area contributed by atoms with E-state index in [4.69, 9.17) is 46.4 Å². The lowest BCUT2D eigenvalue weighted by atomic mass is 10.0. The second-order valence-corrected chi connectivity index (χ2v) is 5.76. The number of benzene rings is 2. The second kappa shape index (κ2) is 6.49. The third kappa shape index (κ3) is 3.49. The Balaban J connectivity index is 2.37. The maximum Gasteiger partial charge on any atom is 0.170 e. The van der Waals surface area contributed by atoms with Crippen LogP contribution in [0.3, 0.4) is 0 Å². The first-order chi connectivity index (χ1) is 9.81. The lowest BCUT2D eigenvalue weighted by Crippen LogP contribution is -2.06. The normalized spacial score (nSPS) is 10.8. The SMILES string of the molecule is O=C(Cc1ccc(F)c(F)c1)c1c(Cl)cc(Cl)c(Cl)c1Cl. The smallest absolute Gasteiger partial charge is 0.170 e. The minimum atomic E-state index is -1.04. The van der Waals surface area contributed by atoms with Crippen molar-refractivity contribution in [2.75, 3.05) is 0 Å². The maximum atomic E-state index is 13.1. The van der Waals surface area contributed by atoms with Crippen molar-refractivity contribution in [1.29, 1.82) is 0 Å². The molecule has 1 nitrogen and oxygen atoms in total. The molecule has 0 aromatic heterocycles. The van der Waals surface area contributed by atoms with Crippen molar-refractivity contribution >= 4 is 52.2 Å². The van der Waals surface area contributed by atoms with Crippen LogP contribution in [0.15, 0.2) is 24.3 Å². The van der Waals surface area contributed by atoms with E-state index in [1.54, 1.807) is 0 Å². The van der Waals surface area contributed by atoms with Gasteiger partial charge in [-0.05, 0) is 23.8 Å². The molecule has 0 aliphatic carbocycles. The van der Waals surface area contributed by atoms with Gasteiger partial charge in [-0.15, -0.1) is 0 Å². The van der Waals surface area contributed by atoms with Crippen molar-refractivity contribution in [3.63, 3.8) is 0 Å². The Kier molecular flexibility index (Phi) is 5.10. The molecule has 0 fully saturated rings. The number of carbonyl (C=O) groups is 1. The molecule has 0 atom stereocenters. The molecule has 0 aliphatic rings. The van der Waals surface area contributed by atoms with Crippen LogP contribution in [0, 0.1) is 11.6 Å². The number of carbonyl (C=O) groups excluding carboxylic acids is 1. The summed E-state index contributed by atoms with van der Waals surface area (Å²) in [6.45, 7) is 0. The molecule has 110 valence electrons. The van der Waals surface area contributed by atoms with Crippen molar-refractivity contribution < 1.29 is 13.6 Å². The van der Waals surface area contributed by atoms with Crippen LogP contribution in [0.5, 0.6) is 0 Å². The summed E-state index contributed by atoms with van der Waals surface area (Å²) in [5.74, 6) is -2.50. The Labute approximate surface area is 139 Å². The molecule has 2 aromatic rings. The van der Waals surface area contributed by atoms with Gasteiger partial charge in [0, 0.05) is 6.42 Å². The van der Waals surface area contributed by atoms with Crippen LogP contribution < -0.4 is 0 Å². The summed E-state index contributed by atoms with van der Waals surface area (Å²) in [4.78, 5) is 12.2. The fraction of sp³-hybridized carbons (Fsp3) is 0.0714. The summed E-state index contributed by atoms with van der Waals surface area (Å²) in [6.07, 6.45) is -0.200. The highest BCUT2D eigenvalue weighted by molar-refractivity contribution is 6.51. The van der Waals surface area contributed by atoms with Crippen LogP contribution in [-0.2, 0) is 6.42 Å². The lowest BCUT2D eigenvalue weighted by Gasteiger charge is -2.09. The van der Waals surface area contributed by atoms with E-state index in [0.717, 1.165) is 12.1 Å². The Morgan fingerprint density at radius 1 is 0.905 bits per heavy atom. The minimum absolute atomic E-state index is 0.00235. The first-order valence-electron chi connectivity index (χ1n) is 5.61. The highest BCUT2D eigenvalue weighted by Gasteiger charge is 2.20. The predicted molar refractivity (Wildman–Crippen MR) is 80.9 cm³/mol. The van der Waals surface area contributed by atoms with E-state index in [2.05, 4.69) is 0 Å². The molecule has 0 saturated carbocycles. The monoisotopic (exact) mass is 368 g/mol. The molecule has 0 spiro atoms. The van der Waals surface area contributed by atoms with Gasteiger partial charge in [0.1, 0.15) is 0 Å². The van der Waals surface area contributed by atoms with Gasteiger partial charge < -0.3 is 0 Å². The number of hydrogen-bond donors (Lipinski definition) is 0. The molecule has 0 N–H and O–H groups in total. The van der Waals surface area contributed by atoms with Crippen LogP contribution >= 0.6 is 46.4 Å². The molecule has 0 unspecified atom stereocenters. The van der Waals surface area contributed by atoms with E-state index in [0.29, 0.717) is 0 Å². The molecule has 0 bridgehead atoms. The number of halogens is 6. The van der Waals surface area contributed by atoms with Crippen LogP contribution in [-0.4, -0.2) is 5.78 Å². The summed E-state index contributed by atoms with van der Waals surface area (Å²) in [5, 5.41) is 0.108. The number of ketones is 1. The minimum Gasteiger partial charge on any atom is -0.294 e. The van der Waals surface area contributed by atoms with E-state index in [-0.39, 0.29) is 37.6 Å². The van der Waals surface area contributed by atoms with E-state index in [1.165, 1.54) is 12.1 Å². The summed E-state index contributed by atoms with van der Waals surface area (Å²) in [5.41, 5.74) is 0.287. The molecule has 2 aromatic carbocycles. The van der Waals surface area contributed by atoms with Crippen molar-refractivity contribution in [2.45, 2.75) is 6.42 Å². The molecule has 0 heterocycles. The zero-order valence-corrected chi connectivity index (χ0v) is 13.2. The van der Waals surface area contributed by atoms with Crippen LogP contribution in [0.2, 0.25) is 20.1 Å². The van der Waals surface area contributed by atoms with Crippen molar-refractivity contribution in [3.8, 4) is 0 Å². The first kappa shape index (κ1) is 16.5. The van der Waals surface area contributed by atoms with Crippen molar-refractivity contribution in [1.82, 2.24) is 0 Å². The largest absolute Gasteiger partial charge is 0.294 e. The number of rotatable bonds is 3. The Bertz CT molecular complexity index is 731. The quantitative estimate of drug-likeness (QED) is 0.368. The average Bonchev–Trinajstić information content (AvgIpc) is 2.40. The second-order valence-electron chi connectivity index (χ2n) is 4.19. The van der Waals surface area contributed by atoms with E-state index < -0.39 is 17.4 Å². The average molecular weight is 370 g/mol. The standard InChI is InChI=1S/C14H6Cl4F2O/c15-7-5-8(16)13(17)14(18)12(7)11(21)4-6-1-2-9(19)10(20)3-6/h1-3,5H,4H2. The third-order valence-electron chi connectivity index (χ3n) is 2.74. The van der Waals surface area contributed by atoms with E-state index in [9.17, 15) is 13.6 Å². The molecule has 0 saturated heterocycles. The third-order valence-corrected chi connectivity index (χ3v) is 4.30. The van der Waals surface area contributed by atoms with E-state index in [1.807, 2.05) is 0 Å². The Hall–Kier alpha value is -0.870. The summed E-state index contributed by atoms with van der Waals surface area (Å²) in [7, 11) is 0. The molecular weight excluding hydrogens is 364 g/mol. The molecule has 7 heteroatoms. The molecule has 0 amide bonds. The fourth-order valence-electron chi connectivity index (χ4n) is 1.75. The predicted octanol–water partition coefficient (Wildman–Crippen LogP) is 6.00. The molecular formula is C14H6Cl4F2O. The fourth-order valence-corrected chi connectivity index (χ4v) is 2.87. The number of hydrogen-bond acceptors (Lipinski definition) is 1. The van der Waals surface area contributed by atoms with Gasteiger partial charge in [-0.3, -0.25) is 4.79 Å². The van der Waals surface area contributed by atoms with Gasteiger partial charge >= 0.3 is 0 Å². The van der Waals surface area contributed by atoms with Gasteiger partial charge in [-0.2, -0.15) is 0 Å². The maximum absolute atomic E-state index is 13.1. The van der Waals surface area contributed by atoms with Crippen LogP contribution in [0.1, 0.15) is 15.9 Å². The van der Waals surface area contributed by atoms with Gasteiger partial charge in [0.15, 0.2) is 17.4 Å². The summed E-state index contributed by atoms with van der Waals surface area (Å²) in [6, 6.07) is 4.48. The van der Waals surface area contributed by atoms with Crippen LogP contribution in [0.4, 0.5) is 8.78 Å². The van der Waals surface area contributed by atoms with Crippen LogP contribution in [0.25, 0.3) is 0 Å². The summed E-state index contributed by atoms with van der Waals surface area (Å²) >= 11 is 23.6. The molecule has 2 rings (SSSR count). The van der Waals surface area contributed by atoms with E-state index >= 15 is 0 Å². The van der Waals surface area contributed by atoms with Gasteiger partial charge in [0.2, 0.25) is 0 Å². The van der Waals surface area contributed by atoms with Gasteiger partial charge in [-0.1, -0.05) is 52.5 Å². The highest BCUT2D eigenvalue weighted by atomic mass is 35.5. The lowest BCUT2D eigenvalue weighted by molar-refractivity contribution is 0.0993. The van der Waals surface area contributed by atoms with Crippen molar-refractivity contribution in [2.24, 2.45) is 0 Å². The van der Waals surface area contributed by atoms with Crippen molar-refractivity contribution in [3.05, 3.63) is 67.1 Å². The molecule has 21 heavy (non-hydrogen) atoms. The molecule has 0 aliphatic heterocycles. The highest BCUT2D eigenvalue weighted by Crippen LogP contribution is 2.38. The molecule has 0 radical (unpaired) electrons. The first-order valence-corrected chi connectivity index (χ1v) is 7.12. The van der Waals surface area contributed by atoms with Gasteiger partial charge in [0.25, 0.3) is 0 Å². The Morgan fingerprint density at radius 2 is 1.57 bits per heavy atom. The van der Waals surface area contributed by atoms with Gasteiger partial charge in [0.05, 0.1) is 25.7 Å². The topological polar surface area (TPSA) is 17.1 Å². The number of Topliss-reactive ketones (excluding diaryl/α,β-unsaturated/α-hetero) is 1. The zero-order chi connectivity index (χ0) is 15.7. The zero-order valence-electron chi connectivity index (χ0n) is 10.2. The Morgan fingerprint density at radius 3 is 2.19 bits per heavy atom. The van der Waals surface area contributed by atoms with Gasteiger partial charge in [-0.25, -0.2) is 8.78 Å². The summed E-state index contributed by atoms with van der Waals surface area (Å²) < 4.78 is 26.0.